The van der Waals surface area contributed by atoms with Crippen molar-refractivity contribution in [2.24, 2.45) is 5.92 Å². The van der Waals surface area contributed by atoms with Gasteiger partial charge in [0, 0.05) is 18.7 Å². The molecule has 4 rings (SSSR count). The number of hydrogen-bond donors (Lipinski definition) is 2. The standard InChI is InChI=1S/C20H23N5O/c26-14-18-3-1-2-16(11-18)10-17-8-9-25(13-17)12-15-4-6-19(7-5-15)20-21-23-24-22-20/h1-7,11,17,26H,8-10,12-14H2,(H,21,22,23,24)/t17-/m0/s1. The number of rotatable bonds is 6. The van der Waals surface area contributed by atoms with Crippen LogP contribution in [0, 0.1) is 5.92 Å². The number of H-pyrrole nitrogens is 1. The lowest BCUT2D eigenvalue weighted by Crippen LogP contribution is -2.20. The highest BCUT2D eigenvalue weighted by Crippen LogP contribution is 2.23. The van der Waals surface area contributed by atoms with E-state index in [1.807, 2.05) is 24.3 Å². The van der Waals surface area contributed by atoms with Gasteiger partial charge in [-0.05, 0) is 47.2 Å². The van der Waals surface area contributed by atoms with Crippen LogP contribution in [0.2, 0.25) is 0 Å². The molecule has 26 heavy (non-hydrogen) atoms. The lowest BCUT2D eigenvalue weighted by molar-refractivity contribution is 0.281. The van der Waals surface area contributed by atoms with Gasteiger partial charge >= 0.3 is 0 Å². The van der Waals surface area contributed by atoms with E-state index in [1.165, 1.54) is 17.5 Å². The van der Waals surface area contributed by atoms with Gasteiger partial charge in [-0.1, -0.05) is 48.5 Å². The maximum atomic E-state index is 9.29. The predicted molar refractivity (Wildman–Crippen MR) is 99.1 cm³/mol. The summed E-state index contributed by atoms with van der Waals surface area (Å²) in [7, 11) is 0. The Kier molecular flexibility index (Phi) is 5.04. The Labute approximate surface area is 152 Å². The number of aliphatic hydroxyl groups is 1. The topological polar surface area (TPSA) is 77.9 Å². The third-order valence-corrected chi connectivity index (χ3v) is 5.03. The summed E-state index contributed by atoms with van der Waals surface area (Å²) < 4.78 is 0. The monoisotopic (exact) mass is 349 g/mol. The van der Waals surface area contributed by atoms with E-state index in [4.69, 9.17) is 0 Å². The van der Waals surface area contributed by atoms with Crippen molar-refractivity contribution in [2.75, 3.05) is 13.1 Å². The Morgan fingerprint density at radius 3 is 2.69 bits per heavy atom. The Bertz CT molecular complexity index is 832. The second-order valence-corrected chi connectivity index (χ2v) is 7.00. The third kappa shape index (κ3) is 3.98. The Morgan fingerprint density at radius 1 is 1.08 bits per heavy atom. The molecular weight excluding hydrogens is 326 g/mol. The normalized spacial score (nSPS) is 17.7. The minimum atomic E-state index is 0.116. The number of aromatic nitrogens is 4. The fourth-order valence-electron chi connectivity index (χ4n) is 3.71. The molecule has 1 aromatic heterocycles. The highest BCUT2D eigenvalue weighted by Gasteiger charge is 2.22. The van der Waals surface area contributed by atoms with Crippen LogP contribution in [0.3, 0.4) is 0 Å². The summed E-state index contributed by atoms with van der Waals surface area (Å²) in [5.74, 6) is 1.31. The summed E-state index contributed by atoms with van der Waals surface area (Å²) in [5.41, 5.74) is 4.61. The molecule has 0 spiro atoms. The average Bonchev–Trinajstić information content (AvgIpc) is 3.35. The first-order valence-corrected chi connectivity index (χ1v) is 9.04. The summed E-state index contributed by atoms with van der Waals surface area (Å²) in [5, 5.41) is 23.4. The van der Waals surface area contributed by atoms with Crippen LogP contribution in [-0.4, -0.2) is 43.7 Å². The second-order valence-electron chi connectivity index (χ2n) is 7.00. The van der Waals surface area contributed by atoms with E-state index >= 15 is 0 Å². The van der Waals surface area contributed by atoms with Crippen molar-refractivity contribution in [2.45, 2.75) is 26.0 Å². The number of aliphatic hydroxyl groups excluding tert-OH is 1. The highest BCUT2D eigenvalue weighted by atomic mass is 16.3. The summed E-state index contributed by atoms with van der Waals surface area (Å²) >= 11 is 0. The van der Waals surface area contributed by atoms with Crippen LogP contribution in [-0.2, 0) is 19.6 Å². The molecule has 3 aromatic rings. The molecular formula is C20H23N5O. The number of likely N-dealkylation sites (tertiary alicyclic amines) is 1. The molecule has 0 bridgehead atoms. The van der Waals surface area contributed by atoms with Crippen molar-refractivity contribution in [1.29, 1.82) is 0 Å². The van der Waals surface area contributed by atoms with E-state index in [0.717, 1.165) is 37.2 Å². The van der Waals surface area contributed by atoms with Crippen LogP contribution >= 0.6 is 0 Å². The van der Waals surface area contributed by atoms with E-state index < -0.39 is 0 Å². The van der Waals surface area contributed by atoms with Gasteiger partial charge < -0.3 is 5.11 Å². The molecule has 1 fully saturated rings. The Balaban J connectivity index is 1.32. The molecule has 1 saturated heterocycles. The largest absolute Gasteiger partial charge is 0.392 e. The molecule has 0 unspecified atom stereocenters. The van der Waals surface area contributed by atoms with Crippen molar-refractivity contribution in [3.63, 3.8) is 0 Å². The van der Waals surface area contributed by atoms with Gasteiger partial charge in [0.2, 0.25) is 5.82 Å². The smallest absolute Gasteiger partial charge is 0.204 e. The third-order valence-electron chi connectivity index (χ3n) is 5.03. The lowest BCUT2D eigenvalue weighted by atomic mass is 9.97. The number of nitrogens with zero attached hydrogens (tertiary/aromatic N) is 4. The van der Waals surface area contributed by atoms with Crippen molar-refractivity contribution >= 4 is 0 Å². The molecule has 2 N–H and O–H groups in total. The number of tetrazole rings is 1. The fourth-order valence-corrected chi connectivity index (χ4v) is 3.71. The molecule has 0 saturated carbocycles. The number of benzene rings is 2. The number of hydrogen-bond acceptors (Lipinski definition) is 5. The molecule has 2 aromatic carbocycles. The van der Waals surface area contributed by atoms with Gasteiger partial charge in [-0.2, -0.15) is 5.21 Å². The van der Waals surface area contributed by atoms with Crippen LogP contribution in [0.15, 0.2) is 48.5 Å². The Morgan fingerprint density at radius 2 is 1.92 bits per heavy atom. The van der Waals surface area contributed by atoms with E-state index in [-0.39, 0.29) is 6.61 Å². The minimum absolute atomic E-state index is 0.116. The van der Waals surface area contributed by atoms with Crippen LogP contribution in [0.1, 0.15) is 23.1 Å². The maximum Gasteiger partial charge on any atom is 0.204 e. The van der Waals surface area contributed by atoms with Gasteiger partial charge in [-0.15, -0.1) is 10.2 Å². The first kappa shape index (κ1) is 16.9. The lowest BCUT2D eigenvalue weighted by Gasteiger charge is -2.16. The molecule has 0 radical (unpaired) electrons. The summed E-state index contributed by atoms with van der Waals surface area (Å²) in [4.78, 5) is 2.52. The molecule has 6 heteroatoms. The van der Waals surface area contributed by atoms with Gasteiger partial charge in [-0.3, -0.25) is 4.90 Å². The van der Waals surface area contributed by atoms with Crippen LogP contribution in [0.5, 0.6) is 0 Å². The van der Waals surface area contributed by atoms with Crippen molar-refractivity contribution in [1.82, 2.24) is 25.5 Å². The van der Waals surface area contributed by atoms with Crippen molar-refractivity contribution in [3.05, 3.63) is 65.2 Å². The van der Waals surface area contributed by atoms with E-state index in [2.05, 4.69) is 49.8 Å². The predicted octanol–water partition coefficient (Wildman–Crippen LogP) is 2.42. The van der Waals surface area contributed by atoms with Gasteiger partial charge in [0.05, 0.1) is 6.61 Å². The van der Waals surface area contributed by atoms with Crippen molar-refractivity contribution in [3.8, 4) is 11.4 Å². The number of aromatic amines is 1. The second kappa shape index (κ2) is 7.76. The quantitative estimate of drug-likeness (QED) is 0.715. The summed E-state index contributed by atoms with van der Waals surface area (Å²) in [6.45, 7) is 3.34. The fraction of sp³-hybridized carbons (Fsp3) is 0.350. The van der Waals surface area contributed by atoms with Gasteiger partial charge in [0.1, 0.15) is 0 Å². The highest BCUT2D eigenvalue weighted by molar-refractivity contribution is 5.54. The molecule has 0 aliphatic carbocycles. The zero-order valence-corrected chi connectivity index (χ0v) is 14.7. The maximum absolute atomic E-state index is 9.29. The first-order valence-electron chi connectivity index (χ1n) is 9.04. The van der Waals surface area contributed by atoms with E-state index in [1.54, 1.807) is 0 Å². The van der Waals surface area contributed by atoms with Crippen molar-refractivity contribution < 1.29 is 5.11 Å². The van der Waals surface area contributed by atoms with Crippen LogP contribution in [0.25, 0.3) is 11.4 Å². The summed E-state index contributed by atoms with van der Waals surface area (Å²) in [6.07, 6.45) is 2.31. The minimum Gasteiger partial charge on any atom is -0.392 e. The molecule has 1 aliphatic rings. The average molecular weight is 349 g/mol. The van der Waals surface area contributed by atoms with Crippen LogP contribution in [0.4, 0.5) is 0 Å². The first-order chi connectivity index (χ1) is 12.8. The van der Waals surface area contributed by atoms with E-state index in [0.29, 0.717) is 11.7 Å². The Hall–Kier alpha value is -2.57. The molecule has 2 heterocycles. The van der Waals surface area contributed by atoms with Gasteiger partial charge in [-0.25, -0.2) is 0 Å². The molecule has 0 amide bonds. The molecule has 1 aliphatic heterocycles. The zero-order chi connectivity index (χ0) is 17.8. The SMILES string of the molecule is OCc1cccc(C[C@@H]2CCN(Cc3ccc(-c4nn[nH]n4)cc3)C2)c1. The molecule has 1 atom stereocenters. The van der Waals surface area contributed by atoms with Gasteiger partial charge in [0.15, 0.2) is 0 Å². The van der Waals surface area contributed by atoms with E-state index in [9.17, 15) is 5.11 Å². The number of nitrogens with one attached hydrogen (secondary N) is 1. The zero-order valence-electron chi connectivity index (χ0n) is 14.7. The molecule has 134 valence electrons. The molecule has 6 nitrogen and oxygen atoms in total. The summed E-state index contributed by atoms with van der Waals surface area (Å²) in [6, 6.07) is 16.7. The van der Waals surface area contributed by atoms with Gasteiger partial charge in [0.25, 0.3) is 0 Å². The van der Waals surface area contributed by atoms with Crippen LogP contribution < -0.4 is 0 Å².